The number of rotatable bonds is 3. The standard InChI is InChI=1S/C10H8FNO2/c1-7(5-12)14-10-3-2-9(11)4-8(10)6-13/h2-4,6-7H,1H3. The first-order valence-corrected chi connectivity index (χ1v) is 3.98. The van der Waals surface area contributed by atoms with E-state index in [4.69, 9.17) is 10.00 Å². The summed E-state index contributed by atoms with van der Waals surface area (Å²) < 4.78 is 17.8. The molecule has 0 saturated carbocycles. The van der Waals surface area contributed by atoms with Crippen molar-refractivity contribution in [2.45, 2.75) is 13.0 Å². The molecule has 1 aromatic carbocycles. The number of halogens is 1. The van der Waals surface area contributed by atoms with E-state index in [2.05, 4.69) is 0 Å². The van der Waals surface area contributed by atoms with Crippen molar-refractivity contribution >= 4 is 6.29 Å². The van der Waals surface area contributed by atoms with E-state index in [1.165, 1.54) is 19.1 Å². The van der Waals surface area contributed by atoms with Gasteiger partial charge in [-0.3, -0.25) is 4.79 Å². The maximum atomic E-state index is 12.7. The minimum absolute atomic E-state index is 0.104. The molecule has 1 atom stereocenters. The molecule has 0 aliphatic heterocycles. The highest BCUT2D eigenvalue weighted by Crippen LogP contribution is 2.18. The Kier molecular flexibility index (Phi) is 3.19. The van der Waals surface area contributed by atoms with Gasteiger partial charge in [0, 0.05) is 0 Å². The Balaban J connectivity index is 2.97. The molecule has 0 aliphatic rings. The molecular formula is C10H8FNO2. The monoisotopic (exact) mass is 193 g/mol. The number of nitrogens with zero attached hydrogens (tertiary/aromatic N) is 1. The Bertz CT molecular complexity index is 384. The molecule has 0 aliphatic carbocycles. The fourth-order valence-electron chi connectivity index (χ4n) is 0.936. The molecule has 0 heterocycles. The number of ether oxygens (including phenoxy) is 1. The summed E-state index contributed by atoms with van der Waals surface area (Å²) in [6.07, 6.45) is -0.179. The molecule has 0 saturated heterocycles. The summed E-state index contributed by atoms with van der Waals surface area (Å²) in [5.41, 5.74) is 0.104. The Morgan fingerprint density at radius 3 is 2.93 bits per heavy atom. The number of hydrogen-bond donors (Lipinski definition) is 0. The molecule has 3 nitrogen and oxygen atoms in total. The molecule has 0 amide bonds. The number of carbonyl (C=O) groups is 1. The van der Waals surface area contributed by atoms with Crippen LogP contribution in [0.2, 0.25) is 0 Å². The quantitative estimate of drug-likeness (QED) is 0.689. The van der Waals surface area contributed by atoms with Crippen molar-refractivity contribution in [1.82, 2.24) is 0 Å². The van der Waals surface area contributed by atoms with Gasteiger partial charge in [0.1, 0.15) is 17.6 Å². The second kappa shape index (κ2) is 4.38. The third-order valence-electron chi connectivity index (χ3n) is 1.58. The minimum Gasteiger partial charge on any atom is -0.475 e. The van der Waals surface area contributed by atoms with Gasteiger partial charge in [0.05, 0.1) is 5.56 Å². The van der Waals surface area contributed by atoms with Crippen molar-refractivity contribution in [2.75, 3.05) is 0 Å². The van der Waals surface area contributed by atoms with Crippen molar-refractivity contribution in [3.63, 3.8) is 0 Å². The normalized spacial score (nSPS) is 11.5. The van der Waals surface area contributed by atoms with E-state index in [9.17, 15) is 9.18 Å². The van der Waals surface area contributed by atoms with Gasteiger partial charge in [-0.25, -0.2) is 4.39 Å². The maximum Gasteiger partial charge on any atom is 0.181 e. The molecule has 72 valence electrons. The van der Waals surface area contributed by atoms with Crippen LogP contribution in [0.3, 0.4) is 0 Å². The molecule has 4 heteroatoms. The van der Waals surface area contributed by atoms with Crippen LogP contribution in [0.1, 0.15) is 17.3 Å². The molecule has 14 heavy (non-hydrogen) atoms. The zero-order chi connectivity index (χ0) is 10.6. The summed E-state index contributed by atoms with van der Waals surface area (Å²) in [6, 6.07) is 5.41. The Hall–Kier alpha value is -1.89. The molecule has 0 fully saturated rings. The summed E-state index contributed by atoms with van der Waals surface area (Å²) in [6.45, 7) is 1.54. The first-order valence-electron chi connectivity index (χ1n) is 3.98. The Morgan fingerprint density at radius 2 is 2.36 bits per heavy atom. The first kappa shape index (κ1) is 10.2. The van der Waals surface area contributed by atoms with Crippen LogP contribution in [0.15, 0.2) is 18.2 Å². The van der Waals surface area contributed by atoms with Crippen LogP contribution < -0.4 is 4.74 Å². The Labute approximate surface area is 80.7 Å². The molecule has 0 aromatic heterocycles. The molecule has 1 rings (SSSR count). The molecule has 0 bridgehead atoms. The van der Waals surface area contributed by atoms with E-state index in [1.807, 2.05) is 6.07 Å². The summed E-state index contributed by atoms with van der Waals surface area (Å²) in [5.74, 6) is -0.292. The van der Waals surface area contributed by atoms with Crippen molar-refractivity contribution in [3.8, 4) is 11.8 Å². The summed E-state index contributed by atoms with van der Waals surface area (Å²) in [4.78, 5) is 10.5. The van der Waals surface area contributed by atoms with E-state index in [-0.39, 0.29) is 11.3 Å². The number of carbonyl (C=O) groups excluding carboxylic acids is 1. The van der Waals surface area contributed by atoms with Gasteiger partial charge >= 0.3 is 0 Å². The minimum atomic E-state index is -0.667. The topological polar surface area (TPSA) is 50.1 Å². The third-order valence-corrected chi connectivity index (χ3v) is 1.58. The lowest BCUT2D eigenvalue weighted by molar-refractivity contribution is 0.111. The highest BCUT2D eigenvalue weighted by molar-refractivity contribution is 5.79. The predicted molar refractivity (Wildman–Crippen MR) is 47.5 cm³/mol. The molecule has 1 unspecified atom stereocenters. The van der Waals surface area contributed by atoms with Gasteiger partial charge in [-0.05, 0) is 25.1 Å². The van der Waals surface area contributed by atoms with Crippen molar-refractivity contribution in [1.29, 1.82) is 5.26 Å². The van der Waals surface area contributed by atoms with E-state index < -0.39 is 11.9 Å². The van der Waals surface area contributed by atoms with Crippen LogP contribution in [0, 0.1) is 17.1 Å². The van der Waals surface area contributed by atoms with E-state index in [1.54, 1.807) is 0 Å². The summed E-state index contributed by atoms with van der Waals surface area (Å²) in [5, 5.41) is 8.48. The predicted octanol–water partition coefficient (Wildman–Crippen LogP) is 1.93. The summed E-state index contributed by atoms with van der Waals surface area (Å²) >= 11 is 0. The number of hydrogen-bond acceptors (Lipinski definition) is 3. The van der Waals surface area contributed by atoms with Crippen LogP contribution in [0.5, 0.6) is 5.75 Å². The molecule has 1 aromatic rings. The summed E-state index contributed by atoms with van der Waals surface area (Å²) in [7, 11) is 0. The smallest absolute Gasteiger partial charge is 0.181 e. The van der Waals surface area contributed by atoms with Crippen LogP contribution in [-0.4, -0.2) is 12.4 Å². The lowest BCUT2D eigenvalue weighted by Crippen LogP contribution is -2.09. The zero-order valence-electron chi connectivity index (χ0n) is 7.53. The molecule has 0 spiro atoms. The van der Waals surface area contributed by atoms with E-state index in [0.717, 1.165) is 6.07 Å². The molecule has 0 N–H and O–H groups in total. The lowest BCUT2D eigenvalue weighted by atomic mass is 10.2. The number of benzene rings is 1. The van der Waals surface area contributed by atoms with Gasteiger partial charge in [-0.2, -0.15) is 5.26 Å². The van der Waals surface area contributed by atoms with Crippen molar-refractivity contribution < 1.29 is 13.9 Å². The van der Waals surface area contributed by atoms with Crippen LogP contribution in [-0.2, 0) is 0 Å². The largest absolute Gasteiger partial charge is 0.475 e. The van der Waals surface area contributed by atoms with Gasteiger partial charge < -0.3 is 4.74 Å². The average molecular weight is 193 g/mol. The van der Waals surface area contributed by atoms with E-state index >= 15 is 0 Å². The highest BCUT2D eigenvalue weighted by atomic mass is 19.1. The maximum absolute atomic E-state index is 12.7. The number of nitriles is 1. The first-order chi connectivity index (χ1) is 6.67. The van der Waals surface area contributed by atoms with Crippen LogP contribution in [0.25, 0.3) is 0 Å². The lowest BCUT2D eigenvalue weighted by Gasteiger charge is -2.09. The van der Waals surface area contributed by atoms with Gasteiger partial charge in [0.25, 0.3) is 0 Å². The van der Waals surface area contributed by atoms with Crippen molar-refractivity contribution in [3.05, 3.63) is 29.6 Å². The fourth-order valence-corrected chi connectivity index (χ4v) is 0.936. The second-order valence-corrected chi connectivity index (χ2v) is 2.69. The zero-order valence-corrected chi connectivity index (χ0v) is 7.53. The molecule has 0 radical (unpaired) electrons. The van der Waals surface area contributed by atoms with Crippen LogP contribution in [0.4, 0.5) is 4.39 Å². The highest BCUT2D eigenvalue weighted by Gasteiger charge is 2.07. The van der Waals surface area contributed by atoms with Crippen LogP contribution >= 0.6 is 0 Å². The second-order valence-electron chi connectivity index (χ2n) is 2.69. The van der Waals surface area contributed by atoms with Gasteiger partial charge in [0.2, 0.25) is 0 Å². The van der Waals surface area contributed by atoms with Crippen molar-refractivity contribution in [2.24, 2.45) is 0 Å². The SMILES string of the molecule is CC(C#N)Oc1ccc(F)cc1C=O. The van der Waals surface area contributed by atoms with Gasteiger partial charge in [0.15, 0.2) is 12.4 Å². The number of aldehydes is 1. The van der Waals surface area contributed by atoms with Gasteiger partial charge in [-0.15, -0.1) is 0 Å². The van der Waals surface area contributed by atoms with E-state index in [0.29, 0.717) is 6.29 Å². The average Bonchev–Trinajstić information content (AvgIpc) is 2.20. The van der Waals surface area contributed by atoms with Gasteiger partial charge in [-0.1, -0.05) is 0 Å². The third kappa shape index (κ3) is 2.30. The Morgan fingerprint density at radius 1 is 1.64 bits per heavy atom. The molecular weight excluding hydrogens is 185 g/mol. The fraction of sp³-hybridized carbons (Fsp3) is 0.200.